The third-order valence-corrected chi connectivity index (χ3v) is 10.4. The first-order valence-electron chi connectivity index (χ1n) is 10.1. The van der Waals surface area contributed by atoms with Gasteiger partial charge in [-0.3, -0.25) is 0 Å². The fraction of sp³-hybridized carbons (Fsp3) is 0.478. The van der Waals surface area contributed by atoms with E-state index in [2.05, 4.69) is 98.7 Å². The van der Waals surface area contributed by atoms with E-state index < -0.39 is 8.32 Å². The topological polar surface area (TPSA) is 24.5 Å². The lowest BCUT2D eigenvalue weighted by atomic mass is 10.0. The van der Waals surface area contributed by atoms with Crippen molar-refractivity contribution in [3.05, 3.63) is 54.6 Å². The molecule has 1 heterocycles. The van der Waals surface area contributed by atoms with Gasteiger partial charge in [-0.05, 0) is 80.5 Å². The molecule has 146 valence electrons. The van der Waals surface area contributed by atoms with Crippen molar-refractivity contribution in [2.45, 2.75) is 57.8 Å². The van der Waals surface area contributed by atoms with E-state index >= 15 is 0 Å². The predicted octanol–water partition coefficient (Wildman–Crippen LogP) is 5.96. The highest BCUT2D eigenvalue weighted by Gasteiger charge is 2.39. The Labute approximate surface area is 165 Å². The molecule has 0 radical (unpaired) electrons. The highest BCUT2D eigenvalue weighted by molar-refractivity contribution is 6.74. The zero-order chi connectivity index (χ0) is 19.5. The molecule has 1 fully saturated rings. The van der Waals surface area contributed by atoms with Gasteiger partial charge in [0.05, 0.1) is 0 Å². The molecule has 1 N–H and O–H groups in total. The molecule has 1 aliphatic heterocycles. The Morgan fingerprint density at radius 1 is 0.889 bits per heavy atom. The largest absolute Gasteiger partial charge is 0.544 e. The second kappa shape index (κ2) is 8.07. The number of nitrogens with one attached hydrogen (secondary N) is 1. The molecule has 1 saturated heterocycles. The van der Waals surface area contributed by atoms with Gasteiger partial charge in [0.2, 0.25) is 8.32 Å². The van der Waals surface area contributed by atoms with Crippen LogP contribution in [0.4, 0.5) is 11.4 Å². The molecule has 2 aromatic rings. The van der Waals surface area contributed by atoms with E-state index in [-0.39, 0.29) is 5.04 Å². The van der Waals surface area contributed by atoms with E-state index in [4.69, 9.17) is 4.43 Å². The highest BCUT2D eigenvalue weighted by Crippen LogP contribution is 2.38. The van der Waals surface area contributed by atoms with Crippen LogP contribution in [0.3, 0.4) is 0 Å². The normalized spacial score (nSPS) is 16.2. The van der Waals surface area contributed by atoms with Crippen molar-refractivity contribution in [2.75, 3.05) is 18.0 Å². The molecule has 0 saturated carbocycles. The van der Waals surface area contributed by atoms with Crippen molar-refractivity contribution in [1.82, 2.24) is 5.32 Å². The van der Waals surface area contributed by atoms with Gasteiger partial charge in [0, 0.05) is 17.4 Å². The molecular formula is C23H34N2OSi. The summed E-state index contributed by atoms with van der Waals surface area (Å²) >= 11 is 0. The zero-order valence-electron chi connectivity index (χ0n) is 17.5. The van der Waals surface area contributed by atoms with E-state index in [0.717, 1.165) is 31.7 Å². The van der Waals surface area contributed by atoms with Crippen LogP contribution in [0, 0.1) is 0 Å². The van der Waals surface area contributed by atoms with Gasteiger partial charge in [0.25, 0.3) is 0 Å². The summed E-state index contributed by atoms with van der Waals surface area (Å²) in [4.78, 5) is 2.50. The Morgan fingerprint density at radius 3 is 2.00 bits per heavy atom. The fourth-order valence-electron chi connectivity index (χ4n) is 3.35. The molecular weight excluding hydrogens is 348 g/mol. The molecule has 0 bridgehead atoms. The lowest BCUT2D eigenvalue weighted by Gasteiger charge is -2.38. The Hall–Kier alpha value is -1.78. The van der Waals surface area contributed by atoms with Crippen LogP contribution in [0.15, 0.2) is 54.6 Å². The van der Waals surface area contributed by atoms with Crippen molar-refractivity contribution >= 4 is 19.7 Å². The average molecular weight is 383 g/mol. The number of para-hydroxylation sites is 1. The van der Waals surface area contributed by atoms with E-state index in [1.807, 2.05) is 0 Å². The van der Waals surface area contributed by atoms with Crippen LogP contribution in [0.5, 0.6) is 5.75 Å². The Bertz CT molecular complexity index is 716. The maximum atomic E-state index is 6.46. The molecule has 0 unspecified atom stereocenters. The minimum atomic E-state index is -1.81. The summed E-state index contributed by atoms with van der Waals surface area (Å²) in [5.41, 5.74) is 2.51. The van der Waals surface area contributed by atoms with E-state index in [9.17, 15) is 0 Å². The van der Waals surface area contributed by atoms with Crippen molar-refractivity contribution in [3.63, 3.8) is 0 Å². The van der Waals surface area contributed by atoms with Gasteiger partial charge in [-0.1, -0.05) is 39.0 Å². The Balaban J connectivity index is 1.85. The molecule has 0 spiro atoms. The van der Waals surface area contributed by atoms with Crippen LogP contribution < -0.4 is 14.6 Å². The quantitative estimate of drug-likeness (QED) is 0.646. The van der Waals surface area contributed by atoms with E-state index in [1.165, 1.54) is 11.4 Å². The number of piperidine rings is 1. The van der Waals surface area contributed by atoms with Gasteiger partial charge in [-0.25, -0.2) is 0 Å². The summed E-state index contributed by atoms with van der Waals surface area (Å²) in [6.45, 7) is 13.6. The molecule has 0 aliphatic carbocycles. The van der Waals surface area contributed by atoms with Gasteiger partial charge in [-0.15, -0.1) is 0 Å². The predicted molar refractivity (Wildman–Crippen MR) is 119 cm³/mol. The average Bonchev–Trinajstić information content (AvgIpc) is 2.64. The van der Waals surface area contributed by atoms with Gasteiger partial charge in [-0.2, -0.15) is 0 Å². The van der Waals surface area contributed by atoms with Gasteiger partial charge < -0.3 is 14.6 Å². The Kier molecular flexibility index (Phi) is 5.97. The first-order chi connectivity index (χ1) is 12.8. The third-order valence-electron chi connectivity index (χ3n) is 6.00. The highest BCUT2D eigenvalue weighted by atomic mass is 28.4. The summed E-state index contributed by atoms with van der Waals surface area (Å²) in [5, 5.41) is 3.68. The fourth-order valence-corrected chi connectivity index (χ4v) is 4.38. The molecule has 4 heteroatoms. The lowest BCUT2D eigenvalue weighted by molar-refractivity contribution is 0.452. The van der Waals surface area contributed by atoms with Crippen LogP contribution in [0.25, 0.3) is 0 Å². The number of nitrogens with zero attached hydrogens (tertiary/aromatic N) is 1. The van der Waals surface area contributed by atoms with Crippen LogP contribution in [0.1, 0.15) is 33.6 Å². The summed E-state index contributed by atoms with van der Waals surface area (Å²) < 4.78 is 6.46. The first kappa shape index (κ1) is 20.0. The number of hydrogen-bond donors (Lipinski definition) is 1. The number of benzene rings is 2. The maximum absolute atomic E-state index is 6.46. The number of anilines is 2. The summed E-state index contributed by atoms with van der Waals surface area (Å²) in [7, 11) is -1.81. The van der Waals surface area contributed by atoms with Crippen LogP contribution >= 0.6 is 0 Å². The molecule has 0 amide bonds. The van der Waals surface area contributed by atoms with Crippen LogP contribution in [0.2, 0.25) is 18.1 Å². The molecule has 0 aromatic heterocycles. The summed E-state index contributed by atoms with van der Waals surface area (Å²) in [6.07, 6.45) is 2.33. The molecule has 3 rings (SSSR count). The molecule has 27 heavy (non-hydrogen) atoms. The molecule has 2 aromatic carbocycles. The smallest absolute Gasteiger partial charge is 0.250 e. The van der Waals surface area contributed by atoms with Gasteiger partial charge in [0.15, 0.2) is 0 Å². The van der Waals surface area contributed by atoms with Crippen molar-refractivity contribution in [3.8, 4) is 5.75 Å². The molecule has 3 nitrogen and oxygen atoms in total. The summed E-state index contributed by atoms with van der Waals surface area (Å²) in [5.74, 6) is 0.990. The second-order valence-corrected chi connectivity index (χ2v) is 13.8. The molecule has 1 aliphatic rings. The number of rotatable bonds is 5. The minimum Gasteiger partial charge on any atom is -0.544 e. The Morgan fingerprint density at radius 2 is 1.44 bits per heavy atom. The van der Waals surface area contributed by atoms with E-state index in [0.29, 0.717) is 6.04 Å². The van der Waals surface area contributed by atoms with Crippen molar-refractivity contribution in [2.24, 2.45) is 0 Å². The summed E-state index contributed by atoms with van der Waals surface area (Å²) in [6, 6.07) is 20.0. The van der Waals surface area contributed by atoms with E-state index in [1.54, 1.807) is 0 Å². The van der Waals surface area contributed by atoms with Gasteiger partial charge in [0.1, 0.15) is 5.75 Å². The third kappa shape index (κ3) is 4.74. The SMILES string of the molecule is CC(C)(C)[Si](C)(C)Oc1ccc(N(c2ccccc2)C2CCNCC2)cc1. The standard InChI is InChI=1S/C23H34N2OSi/c1-23(2,3)27(4,5)26-22-13-11-20(12-14-22)25(19-9-7-6-8-10-19)21-15-17-24-18-16-21/h6-14,21,24H,15-18H2,1-5H3. The first-order valence-corrected chi connectivity index (χ1v) is 13.0. The number of hydrogen-bond acceptors (Lipinski definition) is 3. The van der Waals surface area contributed by atoms with Crippen LogP contribution in [-0.2, 0) is 0 Å². The second-order valence-electron chi connectivity index (χ2n) is 9.04. The minimum absolute atomic E-state index is 0.205. The monoisotopic (exact) mass is 382 g/mol. The lowest BCUT2D eigenvalue weighted by Crippen LogP contribution is -2.43. The molecule has 0 atom stereocenters. The van der Waals surface area contributed by atoms with Crippen molar-refractivity contribution < 1.29 is 4.43 Å². The zero-order valence-corrected chi connectivity index (χ0v) is 18.5. The maximum Gasteiger partial charge on any atom is 0.250 e. The van der Waals surface area contributed by atoms with Crippen LogP contribution in [-0.4, -0.2) is 27.4 Å². The van der Waals surface area contributed by atoms with Crippen molar-refractivity contribution in [1.29, 1.82) is 0 Å². The van der Waals surface area contributed by atoms with Gasteiger partial charge >= 0.3 is 0 Å².